The minimum absolute atomic E-state index is 0.0652. The van der Waals surface area contributed by atoms with Crippen molar-refractivity contribution in [1.29, 1.82) is 0 Å². The van der Waals surface area contributed by atoms with Gasteiger partial charge in [-0.3, -0.25) is 9.59 Å². The largest absolute Gasteiger partial charge is 0.372 e. The van der Waals surface area contributed by atoms with Crippen molar-refractivity contribution in [2.24, 2.45) is 0 Å². The van der Waals surface area contributed by atoms with Crippen molar-refractivity contribution >= 4 is 23.2 Å². The molecular weight excluding hydrogens is 326 g/mol. The summed E-state index contributed by atoms with van der Waals surface area (Å²) in [6.07, 6.45) is 6.79. The standard InChI is InChI=1S/C21H31N3O2/c1-3-18-8-4-5-15-23(18)21(26)16-24(17(2)25)20-11-9-19(10-12-20)22-13-6-7-14-22/h9-12,18H,3-8,13-16H2,1-2H3. The molecule has 2 saturated heterocycles. The van der Waals surface area contributed by atoms with Crippen LogP contribution in [0, 0.1) is 0 Å². The van der Waals surface area contributed by atoms with Crippen LogP contribution in [0.25, 0.3) is 0 Å². The molecule has 1 aromatic carbocycles. The summed E-state index contributed by atoms with van der Waals surface area (Å²) < 4.78 is 0. The molecule has 5 heteroatoms. The van der Waals surface area contributed by atoms with E-state index in [-0.39, 0.29) is 18.4 Å². The van der Waals surface area contributed by atoms with Crippen molar-refractivity contribution in [3.8, 4) is 0 Å². The SMILES string of the molecule is CCC1CCCCN1C(=O)CN(C(C)=O)c1ccc(N2CCCC2)cc1. The molecule has 0 aromatic heterocycles. The van der Waals surface area contributed by atoms with Crippen LogP contribution in [0.3, 0.4) is 0 Å². The summed E-state index contributed by atoms with van der Waals surface area (Å²) in [4.78, 5) is 31.0. The number of carbonyl (C=O) groups is 2. The maximum Gasteiger partial charge on any atom is 0.242 e. The Morgan fingerprint density at radius 2 is 1.69 bits per heavy atom. The molecule has 0 spiro atoms. The van der Waals surface area contributed by atoms with Crippen LogP contribution < -0.4 is 9.80 Å². The summed E-state index contributed by atoms with van der Waals surface area (Å²) in [7, 11) is 0. The van der Waals surface area contributed by atoms with Crippen molar-refractivity contribution in [3.05, 3.63) is 24.3 Å². The van der Waals surface area contributed by atoms with Gasteiger partial charge in [-0.05, 0) is 62.8 Å². The fraction of sp³-hybridized carbons (Fsp3) is 0.619. The van der Waals surface area contributed by atoms with Gasteiger partial charge in [0.15, 0.2) is 0 Å². The van der Waals surface area contributed by atoms with Gasteiger partial charge in [0, 0.05) is 44.0 Å². The van der Waals surface area contributed by atoms with Gasteiger partial charge in [-0.25, -0.2) is 0 Å². The number of hydrogen-bond acceptors (Lipinski definition) is 3. The van der Waals surface area contributed by atoms with Gasteiger partial charge in [0.05, 0.1) is 0 Å². The van der Waals surface area contributed by atoms with Gasteiger partial charge < -0.3 is 14.7 Å². The van der Waals surface area contributed by atoms with Gasteiger partial charge in [-0.15, -0.1) is 0 Å². The average Bonchev–Trinajstić information content (AvgIpc) is 3.20. The number of piperidine rings is 1. The maximum absolute atomic E-state index is 12.9. The zero-order valence-electron chi connectivity index (χ0n) is 16.1. The van der Waals surface area contributed by atoms with Crippen LogP contribution in [0.4, 0.5) is 11.4 Å². The number of hydrogen-bond donors (Lipinski definition) is 0. The second-order valence-electron chi connectivity index (χ2n) is 7.46. The number of carbonyl (C=O) groups excluding carboxylic acids is 2. The summed E-state index contributed by atoms with van der Waals surface area (Å²) in [5.74, 6) is -0.0206. The van der Waals surface area contributed by atoms with Gasteiger partial charge in [0.25, 0.3) is 0 Å². The van der Waals surface area contributed by atoms with Crippen LogP contribution in [0.15, 0.2) is 24.3 Å². The van der Waals surface area contributed by atoms with E-state index in [1.165, 1.54) is 31.9 Å². The first kappa shape index (κ1) is 18.7. The number of benzene rings is 1. The smallest absolute Gasteiger partial charge is 0.242 e. The molecule has 0 radical (unpaired) electrons. The molecule has 26 heavy (non-hydrogen) atoms. The van der Waals surface area contributed by atoms with E-state index < -0.39 is 0 Å². The second kappa shape index (κ2) is 8.56. The molecule has 2 heterocycles. The third-order valence-electron chi connectivity index (χ3n) is 5.72. The molecule has 142 valence electrons. The molecule has 3 rings (SSSR count). The molecule has 1 unspecified atom stereocenters. The Kier molecular flexibility index (Phi) is 6.17. The average molecular weight is 357 g/mol. The Balaban J connectivity index is 1.70. The van der Waals surface area contributed by atoms with Crippen LogP contribution >= 0.6 is 0 Å². The minimum Gasteiger partial charge on any atom is -0.372 e. The first-order valence-corrected chi connectivity index (χ1v) is 10.0. The van der Waals surface area contributed by atoms with Gasteiger partial charge in [0.1, 0.15) is 6.54 Å². The minimum atomic E-state index is -0.0858. The molecule has 0 N–H and O–H groups in total. The fourth-order valence-electron chi connectivity index (χ4n) is 4.18. The summed E-state index contributed by atoms with van der Waals surface area (Å²) in [6, 6.07) is 8.39. The monoisotopic (exact) mass is 357 g/mol. The summed E-state index contributed by atoms with van der Waals surface area (Å²) in [6.45, 7) is 6.82. The van der Waals surface area contributed by atoms with E-state index in [2.05, 4.69) is 24.0 Å². The van der Waals surface area contributed by atoms with E-state index in [9.17, 15) is 9.59 Å². The lowest BCUT2D eigenvalue weighted by molar-refractivity contribution is -0.134. The molecule has 2 fully saturated rings. The number of anilines is 2. The molecule has 2 aliphatic rings. The zero-order valence-corrected chi connectivity index (χ0v) is 16.1. The quantitative estimate of drug-likeness (QED) is 0.811. The highest BCUT2D eigenvalue weighted by atomic mass is 16.2. The van der Waals surface area contributed by atoms with E-state index in [0.29, 0.717) is 6.04 Å². The lowest BCUT2D eigenvalue weighted by Crippen LogP contribution is -2.48. The number of likely N-dealkylation sites (tertiary alicyclic amines) is 1. The maximum atomic E-state index is 12.9. The predicted octanol–water partition coefficient (Wildman–Crippen LogP) is 3.43. The topological polar surface area (TPSA) is 43.9 Å². The Morgan fingerprint density at radius 1 is 1.04 bits per heavy atom. The third-order valence-corrected chi connectivity index (χ3v) is 5.72. The van der Waals surface area contributed by atoms with E-state index in [0.717, 1.165) is 44.6 Å². The van der Waals surface area contributed by atoms with Gasteiger partial charge in [-0.1, -0.05) is 6.92 Å². The van der Waals surface area contributed by atoms with Crippen molar-refractivity contribution < 1.29 is 9.59 Å². The van der Waals surface area contributed by atoms with Crippen LogP contribution in [-0.2, 0) is 9.59 Å². The number of nitrogens with zero attached hydrogens (tertiary/aromatic N) is 3. The van der Waals surface area contributed by atoms with Crippen LogP contribution in [0.2, 0.25) is 0 Å². The highest BCUT2D eigenvalue weighted by Gasteiger charge is 2.27. The van der Waals surface area contributed by atoms with E-state index >= 15 is 0 Å². The molecule has 1 aromatic rings. The van der Waals surface area contributed by atoms with Gasteiger partial charge >= 0.3 is 0 Å². The van der Waals surface area contributed by atoms with Gasteiger partial charge in [0.2, 0.25) is 11.8 Å². The summed E-state index contributed by atoms with van der Waals surface area (Å²) in [5, 5.41) is 0. The van der Waals surface area contributed by atoms with Crippen LogP contribution in [-0.4, -0.2) is 48.9 Å². The predicted molar refractivity (Wildman–Crippen MR) is 106 cm³/mol. The Labute approximate surface area is 156 Å². The normalized spacial score (nSPS) is 20.3. The van der Waals surface area contributed by atoms with Crippen LogP contribution in [0.1, 0.15) is 52.4 Å². The molecule has 2 aliphatic heterocycles. The Hall–Kier alpha value is -2.04. The van der Waals surface area contributed by atoms with Crippen molar-refractivity contribution in [1.82, 2.24) is 4.90 Å². The van der Waals surface area contributed by atoms with Crippen molar-refractivity contribution in [2.75, 3.05) is 36.0 Å². The third kappa shape index (κ3) is 4.19. The van der Waals surface area contributed by atoms with Gasteiger partial charge in [-0.2, -0.15) is 0 Å². The highest BCUT2D eigenvalue weighted by molar-refractivity contribution is 5.97. The zero-order chi connectivity index (χ0) is 18.5. The first-order chi connectivity index (χ1) is 12.6. The van der Waals surface area contributed by atoms with E-state index in [1.807, 2.05) is 17.0 Å². The van der Waals surface area contributed by atoms with E-state index in [4.69, 9.17) is 0 Å². The second-order valence-corrected chi connectivity index (χ2v) is 7.46. The molecule has 1 atom stereocenters. The first-order valence-electron chi connectivity index (χ1n) is 10.0. The summed E-state index contributed by atoms with van der Waals surface area (Å²) >= 11 is 0. The van der Waals surface area contributed by atoms with Crippen molar-refractivity contribution in [3.63, 3.8) is 0 Å². The lowest BCUT2D eigenvalue weighted by atomic mass is 10.00. The highest BCUT2D eigenvalue weighted by Crippen LogP contribution is 2.25. The molecule has 0 bridgehead atoms. The van der Waals surface area contributed by atoms with Crippen molar-refractivity contribution in [2.45, 2.75) is 58.4 Å². The molecular formula is C21H31N3O2. The lowest BCUT2D eigenvalue weighted by Gasteiger charge is -2.36. The Morgan fingerprint density at radius 3 is 2.31 bits per heavy atom. The molecule has 0 aliphatic carbocycles. The molecule has 0 saturated carbocycles. The summed E-state index contributed by atoms with van der Waals surface area (Å²) in [5.41, 5.74) is 2.00. The molecule has 5 nitrogen and oxygen atoms in total. The Bertz CT molecular complexity index is 623. The number of rotatable bonds is 5. The van der Waals surface area contributed by atoms with Crippen LogP contribution in [0.5, 0.6) is 0 Å². The molecule has 2 amide bonds. The fourth-order valence-corrected chi connectivity index (χ4v) is 4.18. The number of amides is 2. The van der Waals surface area contributed by atoms with E-state index in [1.54, 1.807) is 4.90 Å².